The van der Waals surface area contributed by atoms with Gasteiger partial charge in [-0.05, 0) is 24.3 Å². The predicted octanol–water partition coefficient (Wildman–Crippen LogP) is 2.69. The van der Waals surface area contributed by atoms with Gasteiger partial charge in [-0.1, -0.05) is 30.3 Å². The SMILES string of the molecule is NC(=O)C1CC(C(=O)Nc2ccccc2OCC(F)(F)F)=NN1c1ccccc1. The number of hydrogen-bond donors (Lipinski definition) is 2. The number of anilines is 2. The normalized spacial score (nSPS) is 16.3. The lowest BCUT2D eigenvalue weighted by molar-refractivity contribution is -0.153. The first-order valence-corrected chi connectivity index (χ1v) is 8.55. The summed E-state index contributed by atoms with van der Waals surface area (Å²) in [5.41, 5.74) is 6.08. The number of halogens is 3. The highest BCUT2D eigenvalue weighted by atomic mass is 19.4. The highest BCUT2D eigenvalue weighted by molar-refractivity contribution is 6.44. The van der Waals surface area contributed by atoms with Crippen molar-refractivity contribution >= 4 is 28.9 Å². The van der Waals surface area contributed by atoms with Gasteiger partial charge in [-0.25, -0.2) is 0 Å². The molecule has 1 heterocycles. The fourth-order valence-corrected chi connectivity index (χ4v) is 2.74. The van der Waals surface area contributed by atoms with Gasteiger partial charge in [0.1, 0.15) is 17.5 Å². The number of nitrogens with one attached hydrogen (secondary N) is 1. The van der Waals surface area contributed by atoms with Crippen LogP contribution in [-0.4, -0.2) is 36.4 Å². The molecule has 152 valence electrons. The van der Waals surface area contributed by atoms with Crippen molar-refractivity contribution in [3.8, 4) is 5.75 Å². The van der Waals surface area contributed by atoms with E-state index in [4.69, 9.17) is 10.5 Å². The summed E-state index contributed by atoms with van der Waals surface area (Å²) in [5.74, 6) is -1.46. The first-order valence-electron chi connectivity index (χ1n) is 8.55. The molecule has 0 radical (unpaired) electrons. The number of carbonyl (C=O) groups is 2. The Labute approximate surface area is 163 Å². The summed E-state index contributed by atoms with van der Waals surface area (Å²) in [5, 5.41) is 8.02. The van der Waals surface area contributed by atoms with Gasteiger partial charge < -0.3 is 15.8 Å². The van der Waals surface area contributed by atoms with Crippen LogP contribution in [0.3, 0.4) is 0 Å². The van der Waals surface area contributed by atoms with Crippen LogP contribution >= 0.6 is 0 Å². The Morgan fingerprint density at radius 1 is 1.14 bits per heavy atom. The van der Waals surface area contributed by atoms with E-state index >= 15 is 0 Å². The molecule has 3 N–H and O–H groups in total. The monoisotopic (exact) mass is 406 g/mol. The molecule has 0 bridgehead atoms. The minimum absolute atomic E-state index is 0.0169. The molecule has 0 fully saturated rings. The highest BCUT2D eigenvalue weighted by Crippen LogP contribution is 2.28. The van der Waals surface area contributed by atoms with Crippen LogP contribution in [0.5, 0.6) is 5.75 Å². The summed E-state index contributed by atoms with van der Waals surface area (Å²) in [6, 6.07) is 13.6. The molecule has 2 aromatic rings. The van der Waals surface area contributed by atoms with Crippen LogP contribution in [0.25, 0.3) is 0 Å². The third-order valence-corrected chi connectivity index (χ3v) is 4.05. The van der Waals surface area contributed by atoms with Crippen molar-refractivity contribution in [1.29, 1.82) is 0 Å². The van der Waals surface area contributed by atoms with Crippen LogP contribution in [0.2, 0.25) is 0 Å². The number of rotatable bonds is 6. The van der Waals surface area contributed by atoms with Gasteiger partial charge in [-0.2, -0.15) is 18.3 Å². The molecule has 0 aromatic heterocycles. The topological polar surface area (TPSA) is 97.0 Å². The molecule has 29 heavy (non-hydrogen) atoms. The fraction of sp³-hybridized carbons (Fsp3) is 0.211. The summed E-state index contributed by atoms with van der Waals surface area (Å²) in [6.45, 7) is -1.49. The summed E-state index contributed by atoms with van der Waals surface area (Å²) in [7, 11) is 0. The van der Waals surface area contributed by atoms with E-state index < -0.39 is 30.6 Å². The van der Waals surface area contributed by atoms with Crippen LogP contribution in [0.1, 0.15) is 6.42 Å². The number of alkyl halides is 3. The van der Waals surface area contributed by atoms with Crippen molar-refractivity contribution in [2.45, 2.75) is 18.6 Å². The van der Waals surface area contributed by atoms with Crippen LogP contribution in [0.4, 0.5) is 24.5 Å². The van der Waals surface area contributed by atoms with Crippen molar-refractivity contribution in [2.75, 3.05) is 16.9 Å². The van der Waals surface area contributed by atoms with Gasteiger partial charge in [-0.3, -0.25) is 14.6 Å². The van der Waals surface area contributed by atoms with E-state index in [0.29, 0.717) is 5.69 Å². The first kappa shape index (κ1) is 20.2. The lowest BCUT2D eigenvalue weighted by Crippen LogP contribution is -2.39. The fourth-order valence-electron chi connectivity index (χ4n) is 2.74. The third-order valence-electron chi connectivity index (χ3n) is 4.05. The van der Waals surface area contributed by atoms with Gasteiger partial charge in [0.15, 0.2) is 6.61 Å². The Hall–Kier alpha value is -3.56. The second kappa shape index (κ2) is 8.21. The van der Waals surface area contributed by atoms with Crippen molar-refractivity contribution in [1.82, 2.24) is 0 Å². The molecule has 7 nitrogen and oxygen atoms in total. The molecular formula is C19H17F3N4O3. The largest absolute Gasteiger partial charge is 0.482 e. The quantitative estimate of drug-likeness (QED) is 0.771. The van der Waals surface area contributed by atoms with Gasteiger partial charge in [0.05, 0.1) is 11.4 Å². The molecule has 2 amide bonds. The number of ether oxygens (including phenoxy) is 1. The summed E-state index contributed by atoms with van der Waals surface area (Å²) < 4.78 is 42.0. The van der Waals surface area contributed by atoms with Crippen LogP contribution in [0, 0.1) is 0 Å². The van der Waals surface area contributed by atoms with Gasteiger partial charge in [0.2, 0.25) is 5.91 Å². The maximum Gasteiger partial charge on any atom is 0.422 e. The van der Waals surface area contributed by atoms with E-state index in [0.717, 1.165) is 0 Å². The average Bonchev–Trinajstić information content (AvgIpc) is 3.13. The van der Waals surface area contributed by atoms with Crippen molar-refractivity contribution in [3.63, 3.8) is 0 Å². The van der Waals surface area contributed by atoms with Crippen molar-refractivity contribution < 1.29 is 27.5 Å². The molecule has 10 heteroatoms. The van der Waals surface area contributed by atoms with E-state index in [-0.39, 0.29) is 23.6 Å². The van der Waals surface area contributed by atoms with E-state index in [1.807, 2.05) is 0 Å². The predicted molar refractivity (Wildman–Crippen MR) is 101 cm³/mol. The maximum absolute atomic E-state index is 12.6. The maximum atomic E-state index is 12.6. The molecule has 3 rings (SSSR count). The number of para-hydroxylation sites is 3. The number of carbonyl (C=O) groups excluding carboxylic acids is 2. The van der Waals surface area contributed by atoms with E-state index in [2.05, 4.69) is 10.4 Å². The molecule has 0 saturated heterocycles. The summed E-state index contributed by atoms with van der Waals surface area (Å²) >= 11 is 0. The number of nitrogens with two attached hydrogens (primary N) is 1. The molecular weight excluding hydrogens is 389 g/mol. The van der Waals surface area contributed by atoms with E-state index in [9.17, 15) is 22.8 Å². The first-order chi connectivity index (χ1) is 13.7. The Morgan fingerprint density at radius 3 is 2.45 bits per heavy atom. The average molecular weight is 406 g/mol. The molecule has 0 aliphatic carbocycles. The number of hydrazone groups is 1. The Morgan fingerprint density at radius 2 is 1.79 bits per heavy atom. The smallest absolute Gasteiger partial charge is 0.422 e. The molecule has 1 aliphatic rings. The molecule has 2 aromatic carbocycles. The van der Waals surface area contributed by atoms with E-state index in [1.54, 1.807) is 30.3 Å². The molecule has 0 saturated carbocycles. The van der Waals surface area contributed by atoms with Gasteiger partial charge in [0.25, 0.3) is 5.91 Å². The molecule has 1 aliphatic heterocycles. The zero-order valence-corrected chi connectivity index (χ0v) is 15.0. The zero-order valence-electron chi connectivity index (χ0n) is 15.0. The molecule has 1 atom stereocenters. The number of benzene rings is 2. The second-order valence-corrected chi connectivity index (χ2v) is 6.20. The van der Waals surface area contributed by atoms with Crippen LogP contribution in [-0.2, 0) is 9.59 Å². The lowest BCUT2D eigenvalue weighted by Gasteiger charge is -2.20. The summed E-state index contributed by atoms with van der Waals surface area (Å²) in [4.78, 5) is 24.4. The summed E-state index contributed by atoms with van der Waals surface area (Å²) in [6.07, 6.45) is -4.56. The number of hydrogen-bond acceptors (Lipinski definition) is 5. The van der Waals surface area contributed by atoms with Crippen molar-refractivity contribution in [2.24, 2.45) is 10.8 Å². The number of primary amides is 1. The molecule has 1 unspecified atom stereocenters. The lowest BCUT2D eigenvalue weighted by atomic mass is 10.1. The number of nitrogens with zero attached hydrogens (tertiary/aromatic N) is 2. The van der Waals surface area contributed by atoms with Gasteiger partial charge >= 0.3 is 6.18 Å². The van der Waals surface area contributed by atoms with Gasteiger partial charge in [-0.15, -0.1) is 0 Å². The minimum Gasteiger partial charge on any atom is -0.482 e. The second-order valence-electron chi connectivity index (χ2n) is 6.20. The standard InChI is InChI=1S/C19H17F3N4O3/c20-19(21,22)11-29-16-9-5-4-8-13(16)24-18(28)14-10-15(17(23)27)26(25-14)12-6-2-1-3-7-12/h1-9,15H,10-11H2,(H2,23,27)(H,24,28). The van der Waals surface area contributed by atoms with Crippen LogP contribution in [0.15, 0.2) is 59.7 Å². The van der Waals surface area contributed by atoms with Gasteiger partial charge in [0, 0.05) is 6.42 Å². The molecule has 0 spiro atoms. The van der Waals surface area contributed by atoms with E-state index in [1.165, 1.54) is 29.3 Å². The number of amides is 2. The minimum atomic E-state index is -4.52. The van der Waals surface area contributed by atoms with Crippen LogP contribution < -0.4 is 20.8 Å². The zero-order chi connectivity index (χ0) is 21.0. The Bertz CT molecular complexity index is 932. The highest BCUT2D eigenvalue weighted by Gasteiger charge is 2.35. The Balaban J connectivity index is 1.78. The third kappa shape index (κ3) is 5.03. The Kier molecular flexibility index (Phi) is 5.71. The van der Waals surface area contributed by atoms with Crippen molar-refractivity contribution in [3.05, 3.63) is 54.6 Å².